The maximum atomic E-state index is 4.07. The number of benzene rings is 1. The summed E-state index contributed by atoms with van der Waals surface area (Å²) in [5.74, 6) is 7.87. The minimum Gasteiger partial charge on any atom is -0.309 e. The van der Waals surface area contributed by atoms with Crippen LogP contribution in [0.2, 0.25) is 0 Å². The second-order valence-corrected chi connectivity index (χ2v) is 4.49. The molecule has 86 valence electrons. The van der Waals surface area contributed by atoms with Crippen molar-refractivity contribution in [3.05, 3.63) is 41.7 Å². The first-order chi connectivity index (χ1) is 8.27. The third-order valence-electron chi connectivity index (χ3n) is 2.33. The van der Waals surface area contributed by atoms with Crippen LogP contribution in [-0.4, -0.2) is 20.5 Å². The molecule has 0 aliphatic heterocycles. The van der Waals surface area contributed by atoms with Crippen molar-refractivity contribution in [2.75, 3.05) is 5.75 Å². The Bertz CT molecular complexity index is 549. The van der Waals surface area contributed by atoms with Gasteiger partial charge in [-0.05, 0) is 19.1 Å². The van der Waals surface area contributed by atoms with E-state index in [0.29, 0.717) is 0 Å². The number of thioether (sulfide) groups is 1. The second kappa shape index (κ2) is 5.55. The Balaban J connectivity index is 1.93. The second-order valence-electron chi connectivity index (χ2n) is 3.55. The molecular weight excluding hydrogens is 230 g/mol. The molecule has 0 unspecified atom stereocenters. The van der Waals surface area contributed by atoms with Crippen molar-refractivity contribution in [3.63, 3.8) is 0 Å². The minimum absolute atomic E-state index is 0.723. The van der Waals surface area contributed by atoms with Crippen LogP contribution in [0.25, 0.3) is 0 Å². The van der Waals surface area contributed by atoms with E-state index >= 15 is 0 Å². The van der Waals surface area contributed by atoms with Crippen molar-refractivity contribution in [1.29, 1.82) is 0 Å². The van der Waals surface area contributed by atoms with Crippen LogP contribution < -0.4 is 0 Å². The average Bonchev–Trinajstić information content (AvgIpc) is 2.67. The maximum Gasteiger partial charge on any atom is 0.191 e. The third-order valence-corrected chi connectivity index (χ3v) is 3.23. The summed E-state index contributed by atoms with van der Waals surface area (Å²) in [6.45, 7) is 1.94. The van der Waals surface area contributed by atoms with Gasteiger partial charge in [-0.3, -0.25) is 0 Å². The molecule has 0 aliphatic carbocycles. The highest BCUT2D eigenvalue weighted by Gasteiger charge is 2.03. The Labute approximate surface area is 105 Å². The van der Waals surface area contributed by atoms with Gasteiger partial charge in [-0.1, -0.05) is 41.8 Å². The Morgan fingerprint density at radius 1 is 1.24 bits per heavy atom. The van der Waals surface area contributed by atoms with Crippen LogP contribution in [0.5, 0.6) is 0 Å². The molecule has 0 spiro atoms. The summed E-state index contributed by atoms with van der Waals surface area (Å²) in [4.78, 5) is 0. The van der Waals surface area contributed by atoms with Gasteiger partial charge in [-0.2, -0.15) is 0 Å². The Morgan fingerprint density at radius 3 is 2.65 bits per heavy atom. The summed E-state index contributed by atoms with van der Waals surface area (Å²) >= 11 is 1.60. The molecule has 17 heavy (non-hydrogen) atoms. The number of nitrogens with zero attached hydrogens (tertiary/aromatic N) is 3. The van der Waals surface area contributed by atoms with Crippen molar-refractivity contribution in [2.45, 2.75) is 12.1 Å². The highest BCUT2D eigenvalue weighted by atomic mass is 32.2. The van der Waals surface area contributed by atoms with E-state index in [1.165, 1.54) is 0 Å². The highest BCUT2D eigenvalue weighted by molar-refractivity contribution is 7.99. The summed E-state index contributed by atoms with van der Waals surface area (Å²) in [5.41, 5.74) is 1.04. The normalized spacial score (nSPS) is 9.76. The summed E-state index contributed by atoms with van der Waals surface area (Å²) in [6.07, 6.45) is 0. The van der Waals surface area contributed by atoms with Crippen LogP contribution >= 0.6 is 11.8 Å². The maximum absolute atomic E-state index is 4.07. The number of aromatic nitrogens is 3. The molecule has 0 saturated heterocycles. The first-order valence-electron chi connectivity index (χ1n) is 5.30. The van der Waals surface area contributed by atoms with E-state index in [1.54, 1.807) is 11.8 Å². The van der Waals surface area contributed by atoms with Gasteiger partial charge in [-0.15, -0.1) is 10.2 Å². The Morgan fingerprint density at radius 2 is 2.00 bits per heavy atom. The van der Waals surface area contributed by atoms with E-state index in [-0.39, 0.29) is 0 Å². The smallest absolute Gasteiger partial charge is 0.191 e. The fourth-order valence-corrected chi connectivity index (χ4v) is 1.97. The van der Waals surface area contributed by atoms with Gasteiger partial charge in [0, 0.05) is 12.6 Å². The summed E-state index contributed by atoms with van der Waals surface area (Å²) in [7, 11) is 1.96. The van der Waals surface area contributed by atoms with Crippen molar-refractivity contribution in [1.82, 2.24) is 14.8 Å². The van der Waals surface area contributed by atoms with Gasteiger partial charge in [-0.25, -0.2) is 0 Å². The van der Waals surface area contributed by atoms with Gasteiger partial charge in [0.2, 0.25) is 0 Å². The molecule has 2 rings (SSSR count). The summed E-state index contributed by atoms with van der Waals surface area (Å²) < 4.78 is 1.97. The van der Waals surface area contributed by atoms with Gasteiger partial charge >= 0.3 is 0 Å². The zero-order valence-corrected chi connectivity index (χ0v) is 10.7. The van der Waals surface area contributed by atoms with Crippen molar-refractivity contribution in [3.8, 4) is 11.8 Å². The van der Waals surface area contributed by atoms with Gasteiger partial charge < -0.3 is 4.57 Å². The topological polar surface area (TPSA) is 30.7 Å². The van der Waals surface area contributed by atoms with Crippen LogP contribution in [0.1, 0.15) is 11.4 Å². The standard InChI is InChI=1S/C13H13N3S/c1-11-14-15-13(16(11)2)17-10-6-9-12-7-4-3-5-8-12/h3-5,7-8H,10H2,1-2H3. The Hall–Kier alpha value is -1.73. The molecule has 2 aromatic rings. The SMILES string of the molecule is Cc1nnc(SCC#Cc2ccccc2)n1C. The zero-order chi connectivity index (χ0) is 12.1. The average molecular weight is 243 g/mol. The molecule has 0 radical (unpaired) electrons. The zero-order valence-electron chi connectivity index (χ0n) is 9.84. The lowest BCUT2D eigenvalue weighted by Gasteiger charge is -1.96. The van der Waals surface area contributed by atoms with Crippen LogP contribution in [0.15, 0.2) is 35.5 Å². The fraction of sp³-hybridized carbons (Fsp3) is 0.231. The first-order valence-corrected chi connectivity index (χ1v) is 6.28. The van der Waals surface area contributed by atoms with Crippen LogP contribution in [0.3, 0.4) is 0 Å². The van der Waals surface area contributed by atoms with E-state index in [1.807, 2.05) is 48.9 Å². The molecule has 0 atom stereocenters. The highest BCUT2D eigenvalue weighted by Crippen LogP contribution is 2.13. The van der Waals surface area contributed by atoms with E-state index in [4.69, 9.17) is 0 Å². The molecular formula is C13H13N3S. The molecule has 1 heterocycles. The van der Waals surface area contributed by atoms with Gasteiger partial charge in [0.15, 0.2) is 5.16 Å². The molecule has 0 amide bonds. The summed E-state index contributed by atoms with van der Waals surface area (Å²) in [6, 6.07) is 9.98. The number of rotatable bonds is 2. The van der Waals surface area contributed by atoms with Crippen LogP contribution in [-0.2, 0) is 7.05 Å². The van der Waals surface area contributed by atoms with Gasteiger partial charge in [0.1, 0.15) is 5.82 Å². The van der Waals surface area contributed by atoms with Crippen molar-refractivity contribution < 1.29 is 0 Å². The molecule has 4 heteroatoms. The van der Waals surface area contributed by atoms with Crippen LogP contribution in [0, 0.1) is 18.8 Å². The van der Waals surface area contributed by atoms with Gasteiger partial charge in [0.25, 0.3) is 0 Å². The Kier molecular flexibility index (Phi) is 3.84. The lowest BCUT2D eigenvalue weighted by atomic mass is 10.2. The predicted molar refractivity (Wildman–Crippen MR) is 69.8 cm³/mol. The van der Waals surface area contributed by atoms with E-state index in [9.17, 15) is 0 Å². The largest absolute Gasteiger partial charge is 0.309 e. The third kappa shape index (κ3) is 3.11. The van der Waals surface area contributed by atoms with Crippen molar-refractivity contribution >= 4 is 11.8 Å². The number of hydrogen-bond acceptors (Lipinski definition) is 3. The van der Waals surface area contributed by atoms with E-state index in [2.05, 4.69) is 22.0 Å². The molecule has 0 N–H and O–H groups in total. The van der Waals surface area contributed by atoms with Crippen molar-refractivity contribution in [2.24, 2.45) is 7.05 Å². The molecule has 1 aromatic carbocycles. The quantitative estimate of drug-likeness (QED) is 0.599. The molecule has 0 saturated carbocycles. The molecule has 0 bridgehead atoms. The van der Waals surface area contributed by atoms with E-state index in [0.717, 1.165) is 22.3 Å². The fourth-order valence-electron chi connectivity index (χ4n) is 1.27. The minimum atomic E-state index is 0.723. The monoisotopic (exact) mass is 243 g/mol. The number of aryl methyl sites for hydroxylation is 1. The lowest BCUT2D eigenvalue weighted by Crippen LogP contribution is -1.93. The first kappa shape index (κ1) is 11.7. The molecule has 3 nitrogen and oxygen atoms in total. The van der Waals surface area contributed by atoms with Gasteiger partial charge in [0.05, 0.1) is 5.75 Å². The predicted octanol–water partition coefficient (Wildman–Crippen LogP) is 2.27. The molecule has 0 aliphatic rings. The van der Waals surface area contributed by atoms with Crippen LogP contribution in [0.4, 0.5) is 0 Å². The summed E-state index contributed by atoms with van der Waals surface area (Å²) in [5, 5.41) is 8.97. The molecule has 1 aromatic heterocycles. The van der Waals surface area contributed by atoms with E-state index < -0.39 is 0 Å². The molecule has 0 fully saturated rings. The number of hydrogen-bond donors (Lipinski definition) is 0. The lowest BCUT2D eigenvalue weighted by molar-refractivity contribution is 0.766.